The van der Waals surface area contributed by atoms with Gasteiger partial charge >= 0.3 is 6.09 Å². The summed E-state index contributed by atoms with van der Waals surface area (Å²) in [6.07, 6.45) is 0.562. The van der Waals surface area contributed by atoms with Crippen LogP contribution in [0.4, 0.5) is 4.79 Å². The van der Waals surface area contributed by atoms with Gasteiger partial charge in [-0.15, -0.1) is 0 Å². The van der Waals surface area contributed by atoms with E-state index in [-0.39, 0.29) is 18.2 Å². The minimum atomic E-state index is -0.460. The van der Waals surface area contributed by atoms with Crippen LogP contribution >= 0.6 is 0 Å². The Hall–Kier alpha value is -1.56. The van der Waals surface area contributed by atoms with Gasteiger partial charge in [0.05, 0.1) is 5.69 Å². The van der Waals surface area contributed by atoms with E-state index < -0.39 is 5.60 Å². The Morgan fingerprint density at radius 3 is 2.65 bits per heavy atom. The van der Waals surface area contributed by atoms with E-state index in [1.807, 2.05) is 34.6 Å². The Kier molecular flexibility index (Phi) is 4.04. The number of alkyl carbamates (subject to hydrolysis) is 1. The molecule has 0 bridgehead atoms. The van der Waals surface area contributed by atoms with Gasteiger partial charge in [-0.05, 0) is 41.0 Å². The van der Waals surface area contributed by atoms with Crippen molar-refractivity contribution in [2.24, 2.45) is 0 Å². The number of aryl methyl sites for hydroxylation is 2. The summed E-state index contributed by atoms with van der Waals surface area (Å²) in [5, 5.41) is 10.2. The molecular weight excluding hydrogens is 258 g/mol. The fourth-order valence-corrected chi connectivity index (χ4v) is 2.03. The second-order valence-electron chi connectivity index (χ2n) is 6.28. The summed E-state index contributed by atoms with van der Waals surface area (Å²) in [4.78, 5) is 11.6. The van der Waals surface area contributed by atoms with Crippen LogP contribution in [0.5, 0.6) is 0 Å². The molecule has 6 nitrogen and oxygen atoms in total. The molecule has 1 amide bonds. The first-order chi connectivity index (χ1) is 9.26. The van der Waals surface area contributed by atoms with Gasteiger partial charge in [-0.1, -0.05) is 5.16 Å². The Labute approximate surface area is 119 Å². The van der Waals surface area contributed by atoms with Crippen LogP contribution in [0.25, 0.3) is 0 Å². The lowest BCUT2D eigenvalue weighted by molar-refractivity contribution is 0.0522. The fourth-order valence-electron chi connectivity index (χ4n) is 2.03. The van der Waals surface area contributed by atoms with Crippen LogP contribution in [0, 0.1) is 13.8 Å². The van der Waals surface area contributed by atoms with Gasteiger partial charge in [-0.2, -0.15) is 0 Å². The van der Waals surface area contributed by atoms with E-state index >= 15 is 0 Å². The SMILES string of the molecule is Cc1noc(C)c1CNC1CC1NC(=O)OC(C)(C)C. The molecule has 2 rings (SSSR count). The molecule has 112 valence electrons. The zero-order valence-corrected chi connectivity index (χ0v) is 12.7. The Bertz CT molecular complexity index is 471. The molecule has 1 heterocycles. The van der Waals surface area contributed by atoms with Crippen molar-refractivity contribution in [3.63, 3.8) is 0 Å². The maximum Gasteiger partial charge on any atom is 0.407 e. The summed E-state index contributed by atoms with van der Waals surface area (Å²) in [5.74, 6) is 0.840. The molecule has 0 spiro atoms. The number of rotatable bonds is 4. The molecule has 1 fully saturated rings. The van der Waals surface area contributed by atoms with E-state index in [9.17, 15) is 4.79 Å². The fraction of sp³-hybridized carbons (Fsp3) is 0.714. The first-order valence-corrected chi connectivity index (χ1v) is 6.91. The molecule has 0 aromatic carbocycles. The van der Waals surface area contributed by atoms with Crippen LogP contribution in [0.15, 0.2) is 4.52 Å². The van der Waals surface area contributed by atoms with Gasteiger partial charge in [0, 0.05) is 24.2 Å². The van der Waals surface area contributed by atoms with E-state index in [2.05, 4.69) is 15.8 Å². The molecule has 2 unspecified atom stereocenters. The van der Waals surface area contributed by atoms with Crippen molar-refractivity contribution < 1.29 is 14.1 Å². The normalized spacial score (nSPS) is 21.6. The molecule has 1 aromatic heterocycles. The molecule has 2 N–H and O–H groups in total. The molecule has 1 saturated carbocycles. The monoisotopic (exact) mass is 281 g/mol. The first-order valence-electron chi connectivity index (χ1n) is 6.91. The van der Waals surface area contributed by atoms with Crippen molar-refractivity contribution in [1.82, 2.24) is 15.8 Å². The molecule has 1 aliphatic rings. The van der Waals surface area contributed by atoms with Gasteiger partial charge in [0.15, 0.2) is 0 Å². The number of aromatic nitrogens is 1. The number of amides is 1. The van der Waals surface area contributed by atoms with E-state index in [0.717, 1.165) is 23.4 Å². The maximum absolute atomic E-state index is 11.6. The lowest BCUT2D eigenvalue weighted by Crippen LogP contribution is -2.36. The number of nitrogens with one attached hydrogen (secondary N) is 2. The molecule has 2 atom stereocenters. The maximum atomic E-state index is 11.6. The van der Waals surface area contributed by atoms with Gasteiger partial charge in [0.2, 0.25) is 0 Å². The summed E-state index contributed by atoms with van der Waals surface area (Å²) in [7, 11) is 0. The average molecular weight is 281 g/mol. The molecule has 1 aliphatic carbocycles. The van der Waals surface area contributed by atoms with E-state index in [1.54, 1.807) is 0 Å². The van der Waals surface area contributed by atoms with Gasteiger partial charge in [0.25, 0.3) is 0 Å². The lowest BCUT2D eigenvalue weighted by Gasteiger charge is -2.19. The zero-order valence-electron chi connectivity index (χ0n) is 12.7. The summed E-state index contributed by atoms with van der Waals surface area (Å²) in [6.45, 7) is 10.1. The van der Waals surface area contributed by atoms with Gasteiger partial charge < -0.3 is 19.9 Å². The van der Waals surface area contributed by atoms with Gasteiger partial charge in [0.1, 0.15) is 11.4 Å². The van der Waals surface area contributed by atoms with Crippen LogP contribution < -0.4 is 10.6 Å². The standard InChI is InChI=1S/C14H23N3O3/c1-8-10(9(2)20-17-8)7-15-11-6-12(11)16-13(18)19-14(3,4)5/h11-12,15H,6-7H2,1-5H3,(H,16,18). The number of carbonyl (C=O) groups is 1. The first kappa shape index (κ1) is 14.8. The number of nitrogens with zero attached hydrogens (tertiary/aromatic N) is 1. The van der Waals surface area contributed by atoms with Crippen molar-refractivity contribution >= 4 is 6.09 Å². The highest BCUT2D eigenvalue weighted by Gasteiger charge is 2.39. The second-order valence-corrected chi connectivity index (χ2v) is 6.28. The van der Waals surface area contributed by atoms with Crippen molar-refractivity contribution in [1.29, 1.82) is 0 Å². The van der Waals surface area contributed by atoms with E-state index in [1.165, 1.54) is 0 Å². The molecular formula is C14H23N3O3. The Morgan fingerprint density at radius 1 is 1.40 bits per heavy atom. The number of hydrogen-bond donors (Lipinski definition) is 2. The molecule has 0 radical (unpaired) electrons. The van der Waals surface area contributed by atoms with Crippen LogP contribution in [0.2, 0.25) is 0 Å². The van der Waals surface area contributed by atoms with Crippen molar-refractivity contribution in [3.05, 3.63) is 17.0 Å². The van der Waals surface area contributed by atoms with Crippen molar-refractivity contribution in [3.8, 4) is 0 Å². The minimum absolute atomic E-state index is 0.144. The highest BCUT2D eigenvalue weighted by atomic mass is 16.6. The highest BCUT2D eigenvalue weighted by molar-refractivity contribution is 5.68. The summed E-state index contributed by atoms with van der Waals surface area (Å²) in [6, 6.07) is 0.432. The quantitative estimate of drug-likeness (QED) is 0.883. The van der Waals surface area contributed by atoms with Crippen LogP contribution in [-0.4, -0.2) is 28.9 Å². The third-order valence-electron chi connectivity index (χ3n) is 3.21. The van der Waals surface area contributed by atoms with Crippen molar-refractivity contribution in [2.75, 3.05) is 0 Å². The predicted molar refractivity (Wildman–Crippen MR) is 74.4 cm³/mol. The largest absolute Gasteiger partial charge is 0.444 e. The zero-order chi connectivity index (χ0) is 14.9. The lowest BCUT2D eigenvalue weighted by atomic mass is 10.2. The van der Waals surface area contributed by atoms with Crippen LogP contribution in [0.3, 0.4) is 0 Å². The summed E-state index contributed by atoms with van der Waals surface area (Å²) < 4.78 is 10.3. The Morgan fingerprint density at radius 2 is 2.10 bits per heavy atom. The number of hydrogen-bond acceptors (Lipinski definition) is 5. The third-order valence-corrected chi connectivity index (χ3v) is 3.21. The highest BCUT2D eigenvalue weighted by Crippen LogP contribution is 2.23. The van der Waals surface area contributed by atoms with E-state index in [0.29, 0.717) is 6.54 Å². The van der Waals surface area contributed by atoms with Crippen LogP contribution in [0.1, 0.15) is 44.2 Å². The number of carbonyl (C=O) groups excluding carboxylic acids is 1. The predicted octanol–water partition coefficient (Wildman–Crippen LogP) is 2.05. The van der Waals surface area contributed by atoms with Crippen LogP contribution in [-0.2, 0) is 11.3 Å². The summed E-state index contributed by atoms with van der Waals surface area (Å²) >= 11 is 0. The smallest absolute Gasteiger partial charge is 0.407 e. The molecule has 1 aromatic rings. The Balaban J connectivity index is 1.72. The van der Waals surface area contributed by atoms with Crippen molar-refractivity contribution in [2.45, 2.75) is 65.3 Å². The minimum Gasteiger partial charge on any atom is -0.444 e. The third kappa shape index (κ3) is 3.96. The molecule has 0 saturated heterocycles. The molecule has 20 heavy (non-hydrogen) atoms. The second kappa shape index (κ2) is 5.44. The molecule has 6 heteroatoms. The number of ether oxygens (including phenoxy) is 1. The average Bonchev–Trinajstić information content (AvgIpc) is 2.94. The van der Waals surface area contributed by atoms with Gasteiger partial charge in [-0.25, -0.2) is 4.79 Å². The van der Waals surface area contributed by atoms with Gasteiger partial charge in [-0.3, -0.25) is 0 Å². The molecule has 0 aliphatic heterocycles. The topological polar surface area (TPSA) is 76.4 Å². The summed E-state index contributed by atoms with van der Waals surface area (Å²) in [5.41, 5.74) is 1.54. The van der Waals surface area contributed by atoms with E-state index in [4.69, 9.17) is 9.26 Å².